The van der Waals surface area contributed by atoms with E-state index in [1.807, 2.05) is 42.2 Å². The minimum absolute atomic E-state index is 0.0511. The molecule has 0 aromatic heterocycles. The van der Waals surface area contributed by atoms with Gasteiger partial charge in [-0.05, 0) is 43.7 Å². The van der Waals surface area contributed by atoms with E-state index in [-0.39, 0.29) is 11.8 Å². The van der Waals surface area contributed by atoms with Crippen LogP contribution in [0, 0.1) is 12.8 Å². The van der Waals surface area contributed by atoms with E-state index in [2.05, 4.69) is 6.92 Å². The zero-order valence-corrected chi connectivity index (χ0v) is 17.6. The molecule has 2 saturated heterocycles. The lowest BCUT2D eigenvalue weighted by Crippen LogP contribution is -2.38. The van der Waals surface area contributed by atoms with Gasteiger partial charge in [0.25, 0.3) is 5.91 Å². The number of benzene rings is 1. The lowest BCUT2D eigenvalue weighted by Gasteiger charge is -2.30. The molecule has 2 fully saturated rings. The lowest BCUT2D eigenvalue weighted by atomic mass is 9.99. The molecule has 27 heavy (non-hydrogen) atoms. The second-order valence-corrected chi connectivity index (χ2v) is 9.09. The van der Waals surface area contributed by atoms with E-state index in [9.17, 15) is 9.59 Å². The highest BCUT2D eigenvalue weighted by molar-refractivity contribution is 8.26. The quantitative estimate of drug-likeness (QED) is 0.546. The molecule has 2 amide bonds. The maximum Gasteiger partial charge on any atom is 0.266 e. The molecule has 0 aliphatic carbocycles. The molecule has 2 heterocycles. The van der Waals surface area contributed by atoms with Crippen molar-refractivity contribution in [2.75, 3.05) is 19.6 Å². The van der Waals surface area contributed by atoms with Crippen LogP contribution in [0.4, 0.5) is 0 Å². The second-order valence-electron chi connectivity index (χ2n) is 7.41. The number of thioether (sulfide) groups is 1. The first-order valence-electron chi connectivity index (χ1n) is 9.54. The van der Waals surface area contributed by atoms with Crippen LogP contribution >= 0.6 is 24.0 Å². The van der Waals surface area contributed by atoms with Gasteiger partial charge in [-0.3, -0.25) is 14.5 Å². The first kappa shape index (κ1) is 20.1. The summed E-state index contributed by atoms with van der Waals surface area (Å²) in [5.74, 6) is 0.858. The SMILES string of the molecule is Cc1ccc(C=C2SC(=S)N(CCCC(=O)N3CCC(C)CC3)C2=O)cc1. The maximum absolute atomic E-state index is 12.7. The summed E-state index contributed by atoms with van der Waals surface area (Å²) in [6, 6.07) is 8.05. The summed E-state index contributed by atoms with van der Waals surface area (Å²) in [5, 5.41) is 0. The molecule has 0 saturated carbocycles. The number of carbonyl (C=O) groups excluding carboxylic acids is 2. The molecule has 0 spiro atoms. The lowest BCUT2D eigenvalue weighted by molar-refractivity contribution is -0.133. The molecule has 0 radical (unpaired) electrons. The molecule has 1 aromatic carbocycles. The highest BCUT2D eigenvalue weighted by Crippen LogP contribution is 2.32. The van der Waals surface area contributed by atoms with Gasteiger partial charge in [-0.15, -0.1) is 0 Å². The number of hydrogen-bond acceptors (Lipinski definition) is 4. The van der Waals surface area contributed by atoms with Crippen LogP contribution in [0.3, 0.4) is 0 Å². The van der Waals surface area contributed by atoms with Crippen molar-refractivity contribution in [1.82, 2.24) is 9.80 Å². The zero-order valence-electron chi connectivity index (χ0n) is 15.9. The van der Waals surface area contributed by atoms with Crippen molar-refractivity contribution < 1.29 is 9.59 Å². The maximum atomic E-state index is 12.7. The van der Waals surface area contributed by atoms with Gasteiger partial charge >= 0.3 is 0 Å². The number of thiocarbonyl (C=S) groups is 1. The van der Waals surface area contributed by atoms with Crippen molar-refractivity contribution in [3.05, 3.63) is 40.3 Å². The largest absolute Gasteiger partial charge is 0.343 e. The minimum atomic E-state index is -0.0511. The molecule has 4 nitrogen and oxygen atoms in total. The molecule has 0 unspecified atom stereocenters. The van der Waals surface area contributed by atoms with Crippen LogP contribution in [0.2, 0.25) is 0 Å². The molecule has 3 rings (SSSR count). The predicted octanol–water partition coefficient (Wildman–Crippen LogP) is 4.23. The third-order valence-electron chi connectivity index (χ3n) is 5.16. The fraction of sp³-hybridized carbons (Fsp3) is 0.476. The van der Waals surface area contributed by atoms with Crippen LogP contribution < -0.4 is 0 Å². The van der Waals surface area contributed by atoms with Crippen LogP contribution in [0.25, 0.3) is 6.08 Å². The van der Waals surface area contributed by atoms with Gasteiger partial charge in [0.2, 0.25) is 5.91 Å². The van der Waals surface area contributed by atoms with Gasteiger partial charge in [-0.1, -0.05) is 60.7 Å². The van der Waals surface area contributed by atoms with E-state index in [0.29, 0.717) is 34.5 Å². The van der Waals surface area contributed by atoms with E-state index >= 15 is 0 Å². The van der Waals surface area contributed by atoms with Crippen molar-refractivity contribution in [2.24, 2.45) is 5.92 Å². The van der Waals surface area contributed by atoms with Gasteiger partial charge in [0, 0.05) is 26.1 Å². The number of aryl methyl sites for hydroxylation is 1. The summed E-state index contributed by atoms with van der Waals surface area (Å²) >= 11 is 6.72. The third-order valence-corrected chi connectivity index (χ3v) is 6.54. The van der Waals surface area contributed by atoms with Gasteiger partial charge in [0.05, 0.1) is 4.91 Å². The Morgan fingerprint density at radius 3 is 2.59 bits per heavy atom. The average Bonchev–Trinajstić information content (AvgIpc) is 2.91. The van der Waals surface area contributed by atoms with Gasteiger partial charge < -0.3 is 4.90 Å². The molecule has 0 bridgehead atoms. The van der Waals surface area contributed by atoms with Crippen molar-refractivity contribution in [2.45, 2.75) is 39.5 Å². The predicted molar refractivity (Wildman–Crippen MR) is 115 cm³/mol. The van der Waals surface area contributed by atoms with E-state index < -0.39 is 0 Å². The highest BCUT2D eigenvalue weighted by atomic mass is 32.2. The van der Waals surface area contributed by atoms with Crippen molar-refractivity contribution in [3.63, 3.8) is 0 Å². The van der Waals surface area contributed by atoms with E-state index in [4.69, 9.17) is 12.2 Å². The summed E-state index contributed by atoms with van der Waals surface area (Å²) in [5.41, 5.74) is 2.18. The number of carbonyl (C=O) groups is 2. The molecule has 6 heteroatoms. The smallest absolute Gasteiger partial charge is 0.266 e. The molecule has 2 aliphatic heterocycles. The van der Waals surface area contributed by atoms with E-state index in [1.54, 1.807) is 4.90 Å². The number of rotatable bonds is 5. The topological polar surface area (TPSA) is 40.6 Å². The Morgan fingerprint density at radius 1 is 1.26 bits per heavy atom. The number of hydrogen-bond donors (Lipinski definition) is 0. The van der Waals surface area contributed by atoms with Gasteiger partial charge in [-0.25, -0.2) is 0 Å². The third kappa shape index (κ3) is 5.20. The van der Waals surface area contributed by atoms with E-state index in [0.717, 1.165) is 31.5 Å². The normalized spacial score (nSPS) is 20.0. The van der Waals surface area contributed by atoms with Gasteiger partial charge in [0.15, 0.2) is 0 Å². The highest BCUT2D eigenvalue weighted by Gasteiger charge is 2.31. The molecule has 0 N–H and O–H groups in total. The van der Waals surface area contributed by atoms with Crippen LogP contribution in [0.15, 0.2) is 29.2 Å². The van der Waals surface area contributed by atoms with Gasteiger partial charge in [-0.2, -0.15) is 0 Å². The van der Waals surface area contributed by atoms with Crippen LogP contribution in [0.5, 0.6) is 0 Å². The molecule has 0 atom stereocenters. The van der Waals surface area contributed by atoms with Crippen molar-refractivity contribution in [1.29, 1.82) is 0 Å². The summed E-state index contributed by atoms with van der Waals surface area (Å²) in [4.78, 5) is 29.2. The molecule has 2 aliphatic rings. The Balaban J connectivity index is 1.52. The first-order valence-corrected chi connectivity index (χ1v) is 10.8. The molecule has 1 aromatic rings. The number of amides is 2. The van der Waals surface area contributed by atoms with Crippen LogP contribution in [0.1, 0.15) is 43.7 Å². The minimum Gasteiger partial charge on any atom is -0.343 e. The van der Waals surface area contributed by atoms with Crippen LogP contribution in [-0.4, -0.2) is 45.6 Å². The Kier molecular flexibility index (Phi) is 6.71. The monoisotopic (exact) mass is 402 g/mol. The summed E-state index contributed by atoms with van der Waals surface area (Å²) in [6.45, 7) is 6.50. The standard InChI is InChI=1S/C21H26N2O2S2/c1-15-5-7-17(8-6-15)14-18-20(25)23(21(26)27-18)11-3-4-19(24)22-12-9-16(2)10-13-22/h5-8,14,16H,3-4,9-13H2,1-2H3. The summed E-state index contributed by atoms with van der Waals surface area (Å²) in [6.07, 6.45) is 5.19. The second kappa shape index (κ2) is 9.02. The van der Waals surface area contributed by atoms with Crippen LogP contribution in [-0.2, 0) is 9.59 Å². The Morgan fingerprint density at radius 2 is 1.93 bits per heavy atom. The Bertz CT molecular complexity index is 750. The number of nitrogens with zero attached hydrogens (tertiary/aromatic N) is 2. The number of likely N-dealkylation sites (tertiary alicyclic amines) is 1. The van der Waals surface area contributed by atoms with Crippen molar-refractivity contribution in [3.8, 4) is 0 Å². The fourth-order valence-corrected chi connectivity index (χ4v) is 4.62. The molecular weight excluding hydrogens is 376 g/mol. The zero-order chi connectivity index (χ0) is 19.4. The van der Waals surface area contributed by atoms with Crippen molar-refractivity contribution >= 4 is 46.2 Å². The molecular formula is C21H26N2O2S2. The Hall–Kier alpha value is -1.66. The summed E-state index contributed by atoms with van der Waals surface area (Å²) in [7, 11) is 0. The summed E-state index contributed by atoms with van der Waals surface area (Å²) < 4.78 is 0.581. The van der Waals surface area contributed by atoms with E-state index in [1.165, 1.54) is 17.3 Å². The molecule has 144 valence electrons. The Labute approximate surface area is 171 Å². The van der Waals surface area contributed by atoms with Gasteiger partial charge in [0.1, 0.15) is 4.32 Å². The number of piperidine rings is 1. The average molecular weight is 403 g/mol. The first-order chi connectivity index (χ1) is 12.9. The fourth-order valence-electron chi connectivity index (χ4n) is 3.31.